The van der Waals surface area contributed by atoms with Gasteiger partial charge in [-0.15, -0.1) is 5.10 Å². The molecule has 1 aromatic heterocycles. The van der Waals surface area contributed by atoms with Crippen LogP contribution in [0, 0.1) is 0 Å². The maximum atomic E-state index is 12.5. The molecule has 1 amide bonds. The molecule has 162 valence electrons. The summed E-state index contributed by atoms with van der Waals surface area (Å²) in [5, 5.41) is 7.77. The summed E-state index contributed by atoms with van der Waals surface area (Å²) < 4.78 is 7.48. The molecule has 8 heteroatoms. The van der Waals surface area contributed by atoms with E-state index in [2.05, 4.69) is 32.2 Å². The van der Waals surface area contributed by atoms with Gasteiger partial charge in [-0.3, -0.25) is 9.48 Å². The molecule has 2 fully saturated rings. The first-order valence-electron chi connectivity index (χ1n) is 11.0. The van der Waals surface area contributed by atoms with Crippen molar-refractivity contribution in [3.63, 3.8) is 0 Å². The third-order valence-corrected chi connectivity index (χ3v) is 5.93. The highest BCUT2D eigenvalue weighted by molar-refractivity contribution is 5.92. The average Bonchev–Trinajstić information content (AvgIpc) is 3.24. The Labute approximate surface area is 178 Å². The molecule has 2 saturated heterocycles. The standard InChI is InChI=1S/C22H32N6O2/c1-25-18-21(23-24-25)22(29)28-15-13-27(14-16-28)19-6-8-20(9-7-19)30-17-5-12-26-10-3-2-4-11-26/h6-9,18H,2-5,10-17H2,1H3. The van der Waals surface area contributed by atoms with Crippen molar-refractivity contribution in [3.05, 3.63) is 36.2 Å². The molecule has 2 aliphatic heterocycles. The molecule has 3 heterocycles. The van der Waals surface area contributed by atoms with Crippen molar-refractivity contribution in [2.24, 2.45) is 7.05 Å². The lowest BCUT2D eigenvalue weighted by atomic mass is 10.1. The first-order valence-corrected chi connectivity index (χ1v) is 11.0. The molecule has 0 N–H and O–H groups in total. The molecule has 0 spiro atoms. The summed E-state index contributed by atoms with van der Waals surface area (Å²) >= 11 is 0. The Bertz CT molecular complexity index is 807. The number of ether oxygens (including phenoxy) is 1. The third-order valence-electron chi connectivity index (χ3n) is 5.93. The van der Waals surface area contributed by atoms with E-state index in [-0.39, 0.29) is 5.91 Å². The van der Waals surface area contributed by atoms with Gasteiger partial charge in [-0.05, 0) is 56.6 Å². The van der Waals surface area contributed by atoms with E-state index in [1.807, 2.05) is 17.0 Å². The SMILES string of the molecule is Cn1cc(C(=O)N2CCN(c3ccc(OCCCN4CCCCC4)cc3)CC2)nn1. The lowest BCUT2D eigenvalue weighted by molar-refractivity contribution is 0.0740. The van der Waals surface area contributed by atoms with E-state index in [1.165, 1.54) is 38.0 Å². The zero-order chi connectivity index (χ0) is 20.8. The maximum absolute atomic E-state index is 12.5. The number of benzene rings is 1. The quantitative estimate of drug-likeness (QED) is 0.649. The number of nitrogens with zero attached hydrogens (tertiary/aromatic N) is 6. The summed E-state index contributed by atoms with van der Waals surface area (Å²) in [5.74, 6) is 0.880. The number of aryl methyl sites for hydroxylation is 1. The van der Waals surface area contributed by atoms with Gasteiger partial charge in [-0.2, -0.15) is 0 Å². The predicted octanol–water partition coefficient (Wildman–Crippen LogP) is 2.03. The monoisotopic (exact) mass is 412 g/mol. The number of piperazine rings is 1. The van der Waals surface area contributed by atoms with Gasteiger partial charge in [0.05, 0.1) is 12.8 Å². The largest absolute Gasteiger partial charge is 0.494 e. The van der Waals surface area contributed by atoms with Crippen LogP contribution in [-0.4, -0.2) is 83.1 Å². The van der Waals surface area contributed by atoms with Crippen LogP contribution < -0.4 is 9.64 Å². The van der Waals surface area contributed by atoms with Crippen LogP contribution >= 0.6 is 0 Å². The van der Waals surface area contributed by atoms with Gasteiger partial charge < -0.3 is 19.4 Å². The summed E-state index contributed by atoms with van der Waals surface area (Å²) in [5.41, 5.74) is 1.58. The summed E-state index contributed by atoms with van der Waals surface area (Å²) in [7, 11) is 1.77. The number of rotatable bonds is 7. The van der Waals surface area contributed by atoms with E-state index < -0.39 is 0 Å². The van der Waals surface area contributed by atoms with Crippen LogP contribution in [0.15, 0.2) is 30.5 Å². The van der Waals surface area contributed by atoms with Gasteiger partial charge in [0, 0.05) is 45.5 Å². The Morgan fingerprint density at radius 1 is 1.00 bits per heavy atom. The highest BCUT2D eigenvalue weighted by Gasteiger charge is 2.24. The third kappa shape index (κ3) is 5.30. The Morgan fingerprint density at radius 2 is 1.73 bits per heavy atom. The normalized spacial score (nSPS) is 17.9. The lowest BCUT2D eigenvalue weighted by Gasteiger charge is -2.35. The Kier molecular flexibility index (Phi) is 6.84. The van der Waals surface area contributed by atoms with Crippen LogP contribution in [0.4, 0.5) is 5.69 Å². The maximum Gasteiger partial charge on any atom is 0.276 e. The highest BCUT2D eigenvalue weighted by Crippen LogP contribution is 2.21. The predicted molar refractivity (Wildman–Crippen MR) is 116 cm³/mol. The lowest BCUT2D eigenvalue weighted by Crippen LogP contribution is -2.48. The number of hydrogen-bond acceptors (Lipinski definition) is 6. The van der Waals surface area contributed by atoms with Gasteiger partial charge in [-0.25, -0.2) is 0 Å². The van der Waals surface area contributed by atoms with Gasteiger partial charge in [0.2, 0.25) is 0 Å². The first kappa shape index (κ1) is 20.7. The molecule has 0 aliphatic carbocycles. The van der Waals surface area contributed by atoms with Crippen molar-refractivity contribution in [1.29, 1.82) is 0 Å². The second-order valence-corrected chi connectivity index (χ2v) is 8.15. The summed E-state index contributed by atoms with van der Waals surface area (Å²) in [6.07, 6.45) is 6.80. The molecule has 1 aromatic carbocycles. The van der Waals surface area contributed by atoms with Crippen LogP contribution in [0.2, 0.25) is 0 Å². The number of hydrogen-bond donors (Lipinski definition) is 0. The smallest absolute Gasteiger partial charge is 0.276 e. The fraction of sp³-hybridized carbons (Fsp3) is 0.591. The van der Waals surface area contributed by atoms with Gasteiger partial charge in [0.15, 0.2) is 5.69 Å². The molecule has 2 aromatic rings. The van der Waals surface area contributed by atoms with Crippen LogP contribution in [0.1, 0.15) is 36.2 Å². The van der Waals surface area contributed by atoms with E-state index in [4.69, 9.17) is 4.74 Å². The van der Waals surface area contributed by atoms with Gasteiger partial charge in [0.1, 0.15) is 5.75 Å². The minimum atomic E-state index is -0.0453. The van der Waals surface area contributed by atoms with Crippen molar-refractivity contribution < 1.29 is 9.53 Å². The van der Waals surface area contributed by atoms with E-state index in [1.54, 1.807) is 17.9 Å². The Balaban J connectivity index is 1.19. The van der Waals surface area contributed by atoms with E-state index in [9.17, 15) is 4.79 Å². The van der Waals surface area contributed by atoms with Gasteiger partial charge in [-0.1, -0.05) is 11.6 Å². The second kappa shape index (κ2) is 9.93. The first-order chi connectivity index (χ1) is 14.7. The summed E-state index contributed by atoms with van der Waals surface area (Å²) in [6.45, 7) is 7.37. The molecule has 0 unspecified atom stereocenters. The topological polar surface area (TPSA) is 66.7 Å². The highest BCUT2D eigenvalue weighted by atomic mass is 16.5. The average molecular weight is 413 g/mol. The summed E-state index contributed by atoms with van der Waals surface area (Å²) in [4.78, 5) is 19.2. The minimum absolute atomic E-state index is 0.0453. The number of carbonyl (C=O) groups is 1. The van der Waals surface area contributed by atoms with Crippen LogP contribution in [0.5, 0.6) is 5.75 Å². The molecular weight excluding hydrogens is 380 g/mol. The van der Waals surface area contributed by atoms with Crippen molar-refractivity contribution in [2.45, 2.75) is 25.7 Å². The van der Waals surface area contributed by atoms with Gasteiger partial charge in [0.25, 0.3) is 5.91 Å². The molecular formula is C22H32N6O2. The molecule has 0 bridgehead atoms. The van der Waals surface area contributed by atoms with Crippen molar-refractivity contribution >= 4 is 11.6 Å². The van der Waals surface area contributed by atoms with Gasteiger partial charge >= 0.3 is 0 Å². The van der Waals surface area contributed by atoms with Crippen molar-refractivity contribution in [2.75, 3.05) is 57.3 Å². The van der Waals surface area contributed by atoms with Crippen molar-refractivity contribution in [3.8, 4) is 5.75 Å². The molecule has 8 nitrogen and oxygen atoms in total. The number of likely N-dealkylation sites (tertiary alicyclic amines) is 1. The molecule has 0 atom stereocenters. The number of anilines is 1. The van der Waals surface area contributed by atoms with Crippen LogP contribution in [0.3, 0.4) is 0 Å². The second-order valence-electron chi connectivity index (χ2n) is 8.15. The molecule has 2 aliphatic rings. The van der Waals surface area contributed by atoms with E-state index in [0.717, 1.165) is 38.4 Å². The van der Waals surface area contributed by atoms with Crippen LogP contribution in [-0.2, 0) is 7.05 Å². The molecule has 0 saturated carbocycles. The summed E-state index contributed by atoms with van der Waals surface area (Å²) in [6, 6.07) is 8.32. The Morgan fingerprint density at radius 3 is 2.40 bits per heavy atom. The fourth-order valence-corrected chi connectivity index (χ4v) is 4.19. The van der Waals surface area contributed by atoms with E-state index in [0.29, 0.717) is 18.8 Å². The number of carbonyl (C=O) groups excluding carboxylic acids is 1. The number of amides is 1. The number of piperidine rings is 1. The molecule has 0 radical (unpaired) electrons. The molecule has 30 heavy (non-hydrogen) atoms. The van der Waals surface area contributed by atoms with Crippen molar-refractivity contribution in [1.82, 2.24) is 24.8 Å². The Hall–Kier alpha value is -2.61. The fourth-order valence-electron chi connectivity index (χ4n) is 4.19. The minimum Gasteiger partial charge on any atom is -0.494 e. The van der Waals surface area contributed by atoms with Crippen LogP contribution in [0.25, 0.3) is 0 Å². The zero-order valence-corrected chi connectivity index (χ0v) is 17.9. The number of aromatic nitrogens is 3. The molecule has 4 rings (SSSR count). The van der Waals surface area contributed by atoms with E-state index >= 15 is 0 Å². The zero-order valence-electron chi connectivity index (χ0n) is 17.9.